The summed E-state index contributed by atoms with van der Waals surface area (Å²) in [4.78, 5) is 0. The fraction of sp³-hybridized carbons (Fsp3) is 0.133. The van der Waals surface area contributed by atoms with Gasteiger partial charge in [0.2, 0.25) is 0 Å². The summed E-state index contributed by atoms with van der Waals surface area (Å²) >= 11 is 0. The molecule has 0 aliphatic heterocycles. The number of phenols is 1. The van der Waals surface area contributed by atoms with E-state index in [9.17, 15) is 5.11 Å². The number of phenolic OH excluding ortho intramolecular Hbond substituents is 1. The Labute approximate surface area is 122 Å². The number of nitrogens with one attached hydrogen (secondary N) is 1. The molecular formula is C15H15N5O. The zero-order chi connectivity index (χ0) is 14.5. The molecule has 0 saturated carbocycles. The van der Waals surface area contributed by atoms with E-state index in [2.05, 4.69) is 20.8 Å². The minimum atomic E-state index is 0.285. The smallest absolute Gasteiger partial charge is 0.170 e. The monoisotopic (exact) mass is 281 g/mol. The van der Waals surface area contributed by atoms with Gasteiger partial charge in [-0.05, 0) is 28.6 Å². The minimum absolute atomic E-state index is 0.285. The Hall–Kier alpha value is -2.73. The normalized spacial score (nSPS) is 10.7. The van der Waals surface area contributed by atoms with Crippen LogP contribution in [0.15, 0.2) is 54.6 Å². The fourth-order valence-electron chi connectivity index (χ4n) is 2.05. The molecule has 0 radical (unpaired) electrons. The summed E-state index contributed by atoms with van der Waals surface area (Å²) < 4.78 is 1.69. The second kappa shape index (κ2) is 6.15. The van der Waals surface area contributed by atoms with Crippen molar-refractivity contribution in [3.8, 4) is 11.4 Å². The standard InChI is InChI=1S/C15H15N5O/c21-14-9-5-4-6-12(14)10-16-11-15-17-18-19-20(15)13-7-2-1-3-8-13/h1-9,16,21H,10-11H2. The minimum Gasteiger partial charge on any atom is -0.508 e. The summed E-state index contributed by atoms with van der Waals surface area (Å²) in [5.41, 5.74) is 1.76. The SMILES string of the molecule is Oc1ccccc1CNCc1nnnn1-c1ccccc1. The van der Waals surface area contributed by atoms with Crippen molar-refractivity contribution in [2.45, 2.75) is 13.1 Å². The number of aromatic hydroxyl groups is 1. The van der Waals surface area contributed by atoms with Crippen molar-refractivity contribution in [1.82, 2.24) is 25.5 Å². The molecule has 3 aromatic rings. The van der Waals surface area contributed by atoms with Gasteiger partial charge in [0.15, 0.2) is 5.82 Å². The van der Waals surface area contributed by atoms with E-state index in [1.54, 1.807) is 16.8 Å². The zero-order valence-electron chi connectivity index (χ0n) is 11.3. The van der Waals surface area contributed by atoms with Crippen molar-refractivity contribution in [1.29, 1.82) is 0 Å². The summed E-state index contributed by atoms with van der Waals surface area (Å²) in [6, 6.07) is 17.0. The molecule has 106 valence electrons. The van der Waals surface area contributed by atoms with Crippen molar-refractivity contribution < 1.29 is 5.11 Å². The average molecular weight is 281 g/mol. The predicted molar refractivity (Wildman–Crippen MR) is 77.8 cm³/mol. The van der Waals surface area contributed by atoms with Crippen LogP contribution in [-0.4, -0.2) is 25.3 Å². The molecule has 1 heterocycles. The Balaban J connectivity index is 1.67. The van der Waals surface area contributed by atoms with Gasteiger partial charge in [0, 0.05) is 12.1 Å². The quantitative estimate of drug-likeness (QED) is 0.744. The summed E-state index contributed by atoms with van der Waals surface area (Å²) in [7, 11) is 0. The molecule has 3 rings (SSSR count). The molecule has 6 nitrogen and oxygen atoms in total. The lowest BCUT2D eigenvalue weighted by Gasteiger charge is -2.07. The third-order valence-corrected chi connectivity index (χ3v) is 3.13. The molecule has 2 N–H and O–H groups in total. The van der Waals surface area contributed by atoms with E-state index < -0.39 is 0 Å². The number of nitrogens with zero attached hydrogens (tertiary/aromatic N) is 4. The van der Waals surface area contributed by atoms with E-state index >= 15 is 0 Å². The van der Waals surface area contributed by atoms with Gasteiger partial charge in [0.25, 0.3) is 0 Å². The number of rotatable bonds is 5. The van der Waals surface area contributed by atoms with Crippen molar-refractivity contribution in [2.75, 3.05) is 0 Å². The van der Waals surface area contributed by atoms with Gasteiger partial charge >= 0.3 is 0 Å². The Kier molecular flexibility index (Phi) is 3.88. The van der Waals surface area contributed by atoms with Crippen LogP contribution >= 0.6 is 0 Å². The van der Waals surface area contributed by atoms with Crippen LogP contribution in [0, 0.1) is 0 Å². The molecule has 21 heavy (non-hydrogen) atoms. The molecule has 0 aliphatic rings. The second-order valence-electron chi connectivity index (χ2n) is 4.57. The Morgan fingerprint density at radius 1 is 0.952 bits per heavy atom. The highest BCUT2D eigenvalue weighted by Gasteiger charge is 2.07. The van der Waals surface area contributed by atoms with Gasteiger partial charge in [0.05, 0.1) is 12.2 Å². The van der Waals surface area contributed by atoms with Gasteiger partial charge in [-0.1, -0.05) is 36.4 Å². The maximum atomic E-state index is 9.71. The van der Waals surface area contributed by atoms with Crippen LogP contribution in [0.25, 0.3) is 5.69 Å². The number of aromatic nitrogens is 4. The van der Waals surface area contributed by atoms with Crippen LogP contribution < -0.4 is 5.32 Å². The topological polar surface area (TPSA) is 75.9 Å². The Morgan fingerprint density at radius 2 is 1.71 bits per heavy atom. The molecule has 0 spiro atoms. The number of hydrogen-bond acceptors (Lipinski definition) is 5. The van der Waals surface area contributed by atoms with E-state index in [4.69, 9.17) is 0 Å². The third-order valence-electron chi connectivity index (χ3n) is 3.13. The molecule has 0 atom stereocenters. The lowest BCUT2D eigenvalue weighted by molar-refractivity contribution is 0.464. The zero-order valence-corrected chi connectivity index (χ0v) is 11.3. The van der Waals surface area contributed by atoms with E-state index in [1.807, 2.05) is 42.5 Å². The van der Waals surface area contributed by atoms with Crippen LogP contribution in [0.3, 0.4) is 0 Å². The highest BCUT2D eigenvalue weighted by Crippen LogP contribution is 2.15. The molecule has 2 aromatic carbocycles. The molecule has 6 heteroatoms. The lowest BCUT2D eigenvalue weighted by atomic mass is 10.2. The largest absolute Gasteiger partial charge is 0.508 e. The third kappa shape index (κ3) is 3.06. The van der Waals surface area contributed by atoms with E-state index in [0.29, 0.717) is 13.1 Å². The summed E-state index contributed by atoms with van der Waals surface area (Å²) in [5, 5.41) is 24.7. The summed E-state index contributed by atoms with van der Waals surface area (Å²) in [6.07, 6.45) is 0. The van der Waals surface area contributed by atoms with Crippen LogP contribution in [0.4, 0.5) is 0 Å². The number of para-hydroxylation sites is 2. The van der Waals surface area contributed by atoms with Gasteiger partial charge < -0.3 is 10.4 Å². The van der Waals surface area contributed by atoms with Crippen molar-refractivity contribution in [3.05, 3.63) is 66.0 Å². The van der Waals surface area contributed by atoms with Gasteiger partial charge in [0.1, 0.15) is 5.75 Å². The summed E-state index contributed by atoms with van der Waals surface area (Å²) in [5.74, 6) is 1.00. The van der Waals surface area contributed by atoms with E-state index in [-0.39, 0.29) is 5.75 Å². The van der Waals surface area contributed by atoms with E-state index in [1.165, 1.54) is 0 Å². The second-order valence-corrected chi connectivity index (χ2v) is 4.57. The molecule has 1 aromatic heterocycles. The molecular weight excluding hydrogens is 266 g/mol. The molecule has 0 bridgehead atoms. The number of benzene rings is 2. The first kappa shape index (κ1) is 13.3. The summed E-state index contributed by atoms with van der Waals surface area (Å²) in [6.45, 7) is 1.06. The molecule has 0 unspecified atom stereocenters. The lowest BCUT2D eigenvalue weighted by Crippen LogP contribution is -2.16. The van der Waals surface area contributed by atoms with Crippen molar-refractivity contribution in [3.63, 3.8) is 0 Å². The first-order valence-electron chi connectivity index (χ1n) is 6.65. The van der Waals surface area contributed by atoms with Gasteiger partial charge in [-0.25, -0.2) is 0 Å². The van der Waals surface area contributed by atoms with Crippen molar-refractivity contribution in [2.24, 2.45) is 0 Å². The van der Waals surface area contributed by atoms with Crippen LogP contribution in [0.1, 0.15) is 11.4 Å². The average Bonchev–Trinajstić information content (AvgIpc) is 2.99. The Bertz CT molecular complexity index is 711. The van der Waals surface area contributed by atoms with Crippen molar-refractivity contribution >= 4 is 0 Å². The fourth-order valence-corrected chi connectivity index (χ4v) is 2.05. The molecule has 0 fully saturated rings. The first-order valence-corrected chi connectivity index (χ1v) is 6.65. The van der Waals surface area contributed by atoms with Crippen LogP contribution in [0.2, 0.25) is 0 Å². The highest BCUT2D eigenvalue weighted by molar-refractivity contribution is 5.32. The maximum absolute atomic E-state index is 9.71. The van der Waals surface area contributed by atoms with Gasteiger partial charge in [-0.2, -0.15) is 4.68 Å². The van der Waals surface area contributed by atoms with E-state index in [0.717, 1.165) is 17.1 Å². The molecule has 0 aliphatic carbocycles. The number of tetrazole rings is 1. The van der Waals surface area contributed by atoms with Crippen LogP contribution in [0.5, 0.6) is 5.75 Å². The highest BCUT2D eigenvalue weighted by atomic mass is 16.3. The number of hydrogen-bond donors (Lipinski definition) is 2. The van der Waals surface area contributed by atoms with Gasteiger partial charge in [-0.3, -0.25) is 0 Å². The van der Waals surface area contributed by atoms with Gasteiger partial charge in [-0.15, -0.1) is 5.10 Å². The molecule has 0 amide bonds. The van der Waals surface area contributed by atoms with Crippen LogP contribution in [-0.2, 0) is 13.1 Å². The molecule has 0 saturated heterocycles. The Morgan fingerprint density at radius 3 is 2.52 bits per heavy atom. The maximum Gasteiger partial charge on any atom is 0.170 e. The predicted octanol–water partition coefficient (Wildman–Crippen LogP) is 1.66. The first-order chi connectivity index (χ1) is 10.3.